The summed E-state index contributed by atoms with van der Waals surface area (Å²) in [5.74, 6) is 0.110. The second-order valence-electron chi connectivity index (χ2n) is 4.36. The monoisotopic (exact) mass is 285 g/mol. The fourth-order valence-electron chi connectivity index (χ4n) is 1.75. The van der Waals surface area contributed by atoms with Gasteiger partial charge in [-0.3, -0.25) is 4.98 Å². The van der Waals surface area contributed by atoms with Gasteiger partial charge in [-0.05, 0) is 30.4 Å². The second-order valence-corrected chi connectivity index (χ2v) is 7.57. The summed E-state index contributed by atoms with van der Waals surface area (Å²) in [7, 11) is -2.95. The molecule has 0 bridgehead atoms. The van der Waals surface area contributed by atoms with Crippen molar-refractivity contribution >= 4 is 31.4 Å². The lowest BCUT2D eigenvalue weighted by molar-refractivity contribution is 0.166. The topological polar surface area (TPSA) is 67.3 Å². The number of aliphatic hydroxyl groups is 1. The molecule has 2 aromatic rings. The highest BCUT2D eigenvalue weighted by Crippen LogP contribution is 2.24. The van der Waals surface area contributed by atoms with E-state index in [0.29, 0.717) is 12.8 Å². The summed E-state index contributed by atoms with van der Waals surface area (Å²) in [6, 6.07) is 3.85. The van der Waals surface area contributed by atoms with Crippen molar-refractivity contribution in [2.24, 2.45) is 0 Å². The van der Waals surface area contributed by atoms with Crippen LogP contribution in [0.5, 0.6) is 0 Å². The van der Waals surface area contributed by atoms with E-state index in [2.05, 4.69) is 4.98 Å². The number of aromatic nitrogens is 1. The summed E-state index contributed by atoms with van der Waals surface area (Å²) in [6.07, 6.45) is 3.11. The molecular weight excluding hydrogens is 270 g/mol. The number of aliphatic hydroxyl groups excluding tert-OH is 1. The predicted octanol–water partition coefficient (Wildman–Crippen LogP) is 2.15. The van der Waals surface area contributed by atoms with Crippen molar-refractivity contribution in [3.63, 3.8) is 0 Å². The van der Waals surface area contributed by atoms with Crippen molar-refractivity contribution in [2.75, 3.05) is 12.0 Å². The normalized spacial score (nSPS) is 13.9. The summed E-state index contributed by atoms with van der Waals surface area (Å²) in [4.78, 5) is 4.25. The fraction of sp³-hybridized carbons (Fsp3) is 0.417. The first kappa shape index (κ1) is 13.5. The Hall–Kier alpha value is -0.980. The minimum atomic E-state index is -2.95. The van der Waals surface area contributed by atoms with Gasteiger partial charge in [0.25, 0.3) is 0 Å². The number of sulfone groups is 1. The van der Waals surface area contributed by atoms with Crippen LogP contribution in [0.1, 0.15) is 24.5 Å². The van der Waals surface area contributed by atoms with Crippen molar-refractivity contribution in [3.05, 3.63) is 29.3 Å². The molecule has 2 aromatic heterocycles. The number of rotatable bonds is 5. The quantitative estimate of drug-likeness (QED) is 0.914. The molecule has 2 heterocycles. The number of fused-ring (bicyclic) bond motifs is 1. The van der Waals surface area contributed by atoms with Gasteiger partial charge in [-0.25, -0.2) is 8.42 Å². The summed E-state index contributed by atoms with van der Waals surface area (Å²) >= 11 is 1.58. The molecule has 1 unspecified atom stereocenters. The van der Waals surface area contributed by atoms with Crippen molar-refractivity contribution in [1.29, 1.82) is 0 Å². The maximum atomic E-state index is 11.0. The molecule has 0 aliphatic heterocycles. The highest BCUT2D eigenvalue weighted by molar-refractivity contribution is 7.90. The first-order chi connectivity index (χ1) is 8.46. The van der Waals surface area contributed by atoms with Crippen LogP contribution < -0.4 is 0 Å². The molecule has 1 N–H and O–H groups in total. The van der Waals surface area contributed by atoms with E-state index in [9.17, 15) is 13.5 Å². The predicted molar refractivity (Wildman–Crippen MR) is 73.5 cm³/mol. The Morgan fingerprint density at radius 2 is 2.28 bits per heavy atom. The van der Waals surface area contributed by atoms with Gasteiger partial charge < -0.3 is 5.11 Å². The van der Waals surface area contributed by atoms with Crippen LogP contribution in [-0.2, 0) is 9.84 Å². The van der Waals surface area contributed by atoms with Gasteiger partial charge in [0, 0.05) is 23.8 Å². The number of pyridine rings is 1. The molecule has 2 rings (SSSR count). The van der Waals surface area contributed by atoms with Gasteiger partial charge >= 0.3 is 0 Å². The number of nitrogens with zero attached hydrogens (tertiary/aromatic N) is 1. The van der Waals surface area contributed by atoms with E-state index < -0.39 is 15.9 Å². The Balaban J connectivity index is 2.01. The van der Waals surface area contributed by atoms with Crippen molar-refractivity contribution in [2.45, 2.75) is 18.9 Å². The lowest BCUT2D eigenvalue weighted by Crippen LogP contribution is -2.06. The van der Waals surface area contributed by atoms with Crippen LogP contribution in [0.2, 0.25) is 0 Å². The molecule has 98 valence electrons. The molecule has 0 fully saturated rings. The molecular formula is C12H15NO3S2. The van der Waals surface area contributed by atoms with Crippen LogP contribution in [0.25, 0.3) is 10.2 Å². The zero-order valence-corrected chi connectivity index (χ0v) is 11.7. The average molecular weight is 285 g/mol. The third-order valence-corrected chi connectivity index (χ3v) is 4.58. The van der Waals surface area contributed by atoms with Crippen molar-refractivity contribution < 1.29 is 13.5 Å². The van der Waals surface area contributed by atoms with Crippen LogP contribution in [0.3, 0.4) is 0 Å². The van der Waals surface area contributed by atoms with Crippen molar-refractivity contribution in [3.8, 4) is 0 Å². The number of thiophene rings is 1. The molecule has 0 aromatic carbocycles. The Labute approximate surface area is 110 Å². The zero-order chi connectivity index (χ0) is 13.2. The lowest BCUT2D eigenvalue weighted by Gasteiger charge is -2.10. The smallest absolute Gasteiger partial charge is 0.147 e. The number of hydrogen-bond donors (Lipinski definition) is 1. The molecule has 0 radical (unpaired) electrons. The third-order valence-electron chi connectivity index (χ3n) is 2.70. The highest BCUT2D eigenvalue weighted by atomic mass is 32.2. The SMILES string of the molecule is CS(=O)(=O)CCCC(O)c1cnc2ccsc2c1. The van der Waals surface area contributed by atoms with E-state index in [0.717, 1.165) is 15.8 Å². The maximum absolute atomic E-state index is 11.0. The van der Waals surface area contributed by atoms with Crippen LogP contribution >= 0.6 is 11.3 Å². The standard InChI is InChI=1S/C12H15NO3S2/c1-18(15,16)6-2-3-11(14)9-7-12-10(13-8-9)4-5-17-12/h4-5,7-8,11,14H,2-3,6H2,1H3. The number of hydrogen-bond acceptors (Lipinski definition) is 5. The molecule has 0 amide bonds. The van der Waals surface area contributed by atoms with Gasteiger partial charge in [0.15, 0.2) is 0 Å². The van der Waals surface area contributed by atoms with E-state index in [-0.39, 0.29) is 5.75 Å². The molecule has 18 heavy (non-hydrogen) atoms. The minimum absolute atomic E-state index is 0.110. The van der Waals surface area contributed by atoms with Gasteiger partial charge in [-0.1, -0.05) is 0 Å². The molecule has 0 aliphatic rings. The van der Waals surface area contributed by atoms with Crippen molar-refractivity contribution in [1.82, 2.24) is 4.98 Å². The first-order valence-corrected chi connectivity index (χ1v) is 8.59. The van der Waals surface area contributed by atoms with E-state index >= 15 is 0 Å². The zero-order valence-electron chi connectivity index (χ0n) is 10.0. The minimum Gasteiger partial charge on any atom is -0.388 e. The van der Waals surface area contributed by atoms with Gasteiger partial charge in [0.1, 0.15) is 9.84 Å². The van der Waals surface area contributed by atoms with Gasteiger partial charge in [0.05, 0.1) is 16.3 Å². The molecule has 0 saturated heterocycles. The van der Waals surface area contributed by atoms with E-state index in [1.54, 1.807) is 17.5 Å². The van der Waals surface area contributed by atoms with Crippen LogP contribution in [0.4, 0.5) is 0 Å². The Bertz CT molecular complexity index is 634. The Morgan fingerprint density at radius 1 is 1.50 bits per heavy atom. The largest absolute Gasteiger partial charge is 0.388 e. The summed E-state index contributed by atoms with van der Waals surface area (Å²) in [5.41, 5.74) is 1.67. The Kier molecular flexibility index (Phi) is 3.99. The molecule has 6 heteroatoms. The van der Waals surface area contributed by atoms with Crippen LogP contribution in [-0.4, -0.2) is 30.5 Å². The van der Waals surface area contributed by atoms with E-state index in [1.165, 1.54) is 6.26 Å². The highest BCUT2D eigenvalue weighted by Gasteiger charge is 2.11. The van der Waals surface area contributed by atoms with Gasteiger partial charge in [-0.2, -0.15) is 0 Å². The van der Waals surface area contributed by atoms with Crippen LogP contribution in [0.15, 0.2) is 23.7 Å². The molecule has 0 spiro atoms. The Morgan fingerprint density at radius 3 is 3.00 bits per heavy atom. The first-order valence-electron chi connectivity index (χ1n) is 5.65. The average Bonchev–Trinajstić information content (AvgIpc) is 2.73. The second kappa shape index (κ2) is 5.34. The summed E-state index contributed by atoms with van der Waals surface area (Å²) in [5, 5.41) is 11.9. The maximum Gasteiger partial charge on any atom is 0.147 e. The summed E-state index contributed by atoms with van der Waals surface area (Å²) in [6.45, 7) is 0. The molecule has 0 saturated carbocycles. The molecule has 0 aliphatic carbocycles. The third kappa shape index (κ3) is 3.51. The van der Waals surface area contributed by atoms with E-state index in [1.807, 2.05) is 17.5 Å². The van der Waals surface area contributed by atoms with Crippen LogP contribution in [0, 0.1) is 0 Å². The van der Waals surface area contributed by atoms with E-state index in [4.69, 9.17) is 0 Å². The molecule has 1 atom stereocenters. The lowest BCUT2D eigenvalue weighted by atomic mass is 10.1. The summed E-state index contributed by atoms with van der Waals surface area (Å²) < 4.78 is 23.0. The van der Waals surface area contributed by atoms with Gasteiger partial charge in [-0.15, -0.1) is 11.3 Å². The molecule has 4 nitrogen and oxygen atoms in total. The fourth-order valence-corrected chi connectivity index (χ4v) is 3.23. The van der Waals surface area contributed by atoms with Gasteiger partial charge in [0.2, 0.25) is 0 Å².